The van der Waals surface area contributed by atoms with Crippen molar-refractivity contribution < 1.29 is 19.0 Å². The minimum Gasteiger partial charge on any atom is -0.490 e. The predicted octanol–water partition coefficient (Wildman–Crippen LogP) is 3.40. The molecule has 1 aliphatic rings. The molecule has 0 saturated carbocycles. The van der Waals surface area contributed by atoms with Gasteiger partial charge in [0.05, 0.1) is 6.61 Å². The van der Waals surface area contributed by atoms with Gasteiger partial charge in [-0.2, -0.15) is 0 Å². The summed E-state index contributed by atoms with van der Waals surface area (Å²) in [7, 11) is 0. The van der Waals surface area contributed by atoms with E-state index in [4.69, 9.17) is 14.2 Å². The molecule has 0 spiro atoms. The van der Waals surface area contributed by atoms with E-state index in [2.05, 4.69) is 12.2 Å². The van der Waals surface area contributed by atoms with E-state index in [9.17, 15) is 4.79 Å². The van der Waals surface area contributed by atoms with Crippen LogP contribution in [0.3, 0.4) is 0 Å². The van der Waals surface area contributed by atoms with E-state index in [1.165, 1.54) is 0 Å². The average molecular weight is 421 g/mol. The highest BCUT2D eigenvalue weighted by molar-refractivity contribution is 5.95. The molecule has 1 fully saturated rings. The first-order valence-electron chi connectivity index (χ1n) is 9.78. The number of para-hydroxylation sites is 1. The van der Waals surface area contributed by atoms with Crippen LogP contribution < -0.4 is 19.5 Å². The summed E-state index contributed by atoms with van der Waals surface area (Å²) in [5, 5.41) is 3.30. The van der Waals surface area contributed by atoms with Crippen LogP contribution in [0, 0.1) is 0 Å². The van der Waals surface area contributed by atoms with Gasteiger partial charge in [0.2, 0.25) is 0 Å². The number of carbonyl (C=O) groups is 1. The van der Waals surface area contributed by atoms with Gasteiger partial charge in [0, 0.05) is 31.2 Å². The maximum absolute atomic E-state index is 12.9. The van der Waals surface area contributed by atoms with Gasteiger partial charge in [-0.25, -0.2) is 0 Å². The SMILES string of the molecule is CCOc1cc(C(=O)N2CCNCC2C)ccc1OCCOc1ccccc1.Cl. The molecule has 0 aromatic heterocycles. The van der Waals surface area contributed by atoms with Gasteiger partial charge in [0.1, 0.15) is 19.0 Å². The smallest absolute Gasteiger partial charge is 0.254 e. The monoisotopic (exact) mass is 420 g/mol. The molecule has 7 heteroatoms. The van der Waals surface area contributed by atoms with E-state index in [1.54, 1.807) is 18.2 Å². The van der Waals surface area contributed by atoms with Gasteiger partial charge in [0.15, 0.2) is 11.5 Å². The van der Waals surface area contributed by atoms with E-state index in [1.807, 2.05) is 42.2 Å². The average Bonchev–Trinajstić information content (AvgIpc) is 2.73. The Kier molecular flexibility index (Phi) is 9.09. The lowest BCUT2D eigenvalue weighted by Gasteiger charge is -2.34. The number of benzene rings is 2. The lowest BCUT2D eigenvalue weighted by molar-refractivity contribution is 0.0655. The van der Waals surface area contributed by atoms with Crippen molar-refractivity contribution in [1.29, 1.82) is 0 Å². The van der Waals surface area contributed by atoms with Gasteiger partial charge >= 0.3 is 0 Å². The Morgan fingerprint density at radius 3 is 2.55 bits per heavy atom. The van der Waals surface area contributed by atoms with E-state index >= 15 is 0 Å². The predicted molar refractivity (Wildman–Crippen MR) is 116 cm³/mol. The number of hydrogen-bond acceptors (Lipinski definition) is 5. The highest BCUT2D eigenvalue weighted by Crippen LogP contribution is 2.29. The summed E-state index contributed by atoms with van der Waals surface area (Å²) in [4.78, 5) is 14.8. The fraction of sp³-hybridized carbons (Fsp3) is 0.409. The number of ether oxygens (including phenoxy) is 3. The maximum Gasteiger partial charge on any atom is 0.254 e. The number of halogens is 1. The van der Waals surface area contributed by atoms with Crippen molar-refractivity contribution in [2.45, 2.75) is 19.9 Å². The standard InChI is InChI=1S/C22H28N2O4.ClH/c1-3-26-21-15-18(22(25)24-12-11-23-16-17(24)2)9-10-20(21)28-14-13-27-19-7-5-4-6-8-19;/h4-10,15,17,23H,3,11-14,16H2,1-2H3;1H. The van der Waals surface area contributed by atoms with Crippen molar-refractivity contribution >= 4 is 18.3 Å². The molecule has 158 valence electrons. The van der Waals surface area contributed by atoms with Gasteiger partial charge in [0.25, 0.3) is 5.91 Å². The minimum atomic E-state index is 0. The molecule has 1 heterocycles. The first-order valence-corrected chi connectivity index (χ1v) is 9.78. The van der Waals surface area contributed by atoms with Gasteiger partial charge in [-0.3, -0.25) is 4.79 Å². The van der Waals surface area contributed by atoms with Gasteiger partial charge < -0.3 is 24.4 Å². The number of carbonyl (C=O) groups excluding carboxylic acids is 1. The topological polar surface area (TPSA) is 60.0 Å². The normalized spacial score (nSPS) is 15.9. The second-order valence-corrected chi connectivity index (χ2v) is 6.66. The molecule has 1 unspecified atom stereocenters. The van der Waals surface area contributed by atoms with Gasteiger partial charge in [-0.15, -0.1) is 12.4 Å². The lowest BCUT2D eigenvalue weighted by atomic mass is 10.1. The molecule has 2 aromatic carbocycles. The molecular formula is C22H29ClN2O4. The second-order valence-electron chi connectivity index (χ2n) is 6.66. The summed E-state index contributed by atoms with van der Waals surface area (Å²) in [5.41, 5.74) is 0.616. The Morgan fingerprint density at radius 2 is 1.83 bits per heavy atom. The van der Waals surface area contributed by atoms with Crippen LogP contribution >= 0.6 is 12.4 Å². The molecule has 1 amide bonds. The molecular weight excluding hydrogens is 392 g/mol. The first kappa shape index (κ1) is 22.8. The maximum atomic E-state index is 12.9. The fourth-order valence-corrected chi connectivity index (χ4v) is 3.17. The second kappa shape index (κ2) is 11.5. The Bertz CT molecular complexity index is 773. The summed E-state index contributed by atoms with van der Waals surface area (Å²) in [6, 6.07) is 15.2. The zero-order chi connectivity index (χ0) is 19.8. The van der Waals surface area contributed by atoms with Crippen LogP contribution in [-0.2, 0) is 0 Å². The van der Waals surface area contributed by atoms with E-state index in [0.717, 1.165) is 18.8 Å². The Hall–Kier alpha value is -2.44. The van der Waals surface area contributed by atoms with Crippen molar-refractivity contribution in [3.63, 3.8) is 0 Å². The summed E-state index contributed by atoms with van der Waals surface area (Å²) >= 11 is 0. The summed E-state index contributed by atoms with van der Waals surface area (Å²) < 4.78 is 17.2. The molecule has 2 aromatic rings. The Balaban J connectivity index is 0.00000300. The molecule has 0 radical (unpaired) electrons. The Morgan fingerprint density at radius 1 is 1.07 bits per heavy atom. The van der Waals surface area contributed by atoms with Crippen molar-refractivity contribution in [2.75, 3.05) is 39.5 Å². The molecule has 1 atom stereocenters. The van der Waals surface area contributed by atoms with Gasteiger partial charge in [-0.05, 0) is 44.2 Å². The van der Waals surface area contributed by atoms with E-state index in [-0.39, 0.29) is 24.4 Å². The minimum absolute atomic E-state index is 0. The Labute approximate surface area is 178 Å². The number of nitrogens with zero attached hydrogens (tertiary/aromatic N) is 1. The van der Waals surface area contributed by atoms with Gasteiger partial charge in [-0.1, -0.05) is 18.2 Å². The zero-order valence-corrected chi connectivity index (χ0v) is 17.7. The highest BCUT2D eigenvalue weighted by atomic mass is 35.5. The number of nitrogens with one attached hydrogen (secondary N) is 1. The molecule has 3 rings (SSSR count). The van der Waals surface area contributed by atoms with Crippen LogP contribution in [0.2, 0.25) is 0 Å². The zero-order valence-electron chi connectivity index (χ0n) is 16.9. The van der Waals surface area contributed by atoms with Crippen molar-refractivity contribution in [2.24, 2.45) is 0 Å². The van der Waals surface area contributed by atoms with Crippen molar-refractivity contribution in [3.8, 4) is 17.2 Å². The third kappa shape index (κ3) is 6.27. The fourth-order valence-electron chi connectivity index (χ4n) is 3.17. The highest BCUT2D eigenvalue weighted by Gasteiger charge is 2.24. The van der Waals surface area contributed by atoms with Crippen LogP contribution in [0.4, 0.5) is 0 Å². The molecule has 1 N–H and O–H groups in total. The van der Waals surface area contributed by atoms with Crippen LogP contribution in [0.25, 0.3) is 0 Å². The third-order valence-electron chi connectivity index (χ3n) is 4.61. The summed E-state index contributed by atoms with van der Waals surface area (Å²) in [5.74, 6) is 2.02. The van der Waals surface area contributed by atoms with E-state index < -0.39 is 0 Å². The number of amides is 1. The van der Waals surface area contributed by atoms with Crippen LogP contribution in [0.1, 0.15) is 24.2 Å². The summed E-state index contributed by atoms with van der Waals surface area (Å²) in [6.45, 7) is 7.61. The first-order chi connectivity index (χ1) is 13.7. The number of piperazine rings is 1. The summed E-state index contributed by atoms with van der Waals surface area (Å²) in [6.07, 6.45) is 0. The third-order valence-corrected chi connectivity index (χ3v) is 4.61. The molecule has 1 aliphatic heterocycles. The van der Waals surface area contributed by atoms with Crippen LogP contribution in [-0.4, -0.2) is 56.3 Å². The number of rotatable bonds is 8. The van der Waals surface area contributed by atoms with Crippen molar-refractivity contribution in [3.05, 3.63) is 54.1 Å². The van der Waals surface area contributed by atoms with Crippen LogP contribution in [0.5, 0.6) is 17.2 Å². The van der Waals surface area contributed by atoms with E-state index in [0.29, 0.717) is 43.4 Å². The van der Waals surface area contributed by atoms with Crippen molar-refractivity contribution in [1.82, 2.24) is 10.2 Å². The molecule has 0 bridgehead atoms. The quantitative estimate of drug-likeness (QED) is 0.663. The molecule has 6 nitrogen and oxygen atoms in total. The van der Waals surface area contributed by atoms with Crippen LogP contribution in [0.15, 0.2) is 48.5 Å². The lowest BCUT2D eigenvalue weighted by Crippen LogP contribution is -2.52. The largest absolute Gasteiger partial charge is 0.490 e. The number of hydrogen-bond donors (Lipinski definition) is 1. The molecule has 1 saturated heterocycles. The molecule has 0 aliphatic carbocycles. The molecule has 29 heavy (non-hydrogen) atoms.